The highest BCUT2D eigenvalue weighted by atomic mass is 19.1. The highest BCUT2D eigenvalue weighted by Gasteiger charge is 2.35. The minimum Gasteiger partial charge on any atom is -0.455 e. The molecule has 0 radical (unpaired) electrons. The Labute approximate surface area is 217 Å². The molecule has 4 rings (SSSR count). The molecule has 1 aliphatic rings. The van der Waals surface area contributed by atoms with Gasteiger partial charge in [0.15, 0.2) is 5.76 Å². The molecule has 1 aliphatic heterocycles. The van der Waals surface area contributed by atoms with E-state index in [-0.39, 0.29) is 18.2 Å². The quantitative estimate of drug-likeness (QED) is 0.484. The molecule has 1 N–H and O–H groups in total. The number of halogens is 1. The molecular formula is C29H34FN3O4. The Morgan fingerprint density at radius 3 is 2.32 bits per heavy atom. The Morgan fingerprint density at radius 2 is 1.68 bits per heavy atom. The van der Waals surface area contributed by atoms with Gasteiger partial charge in [0.05, 0.1) is 19.8 Å². The molecule has 1 saturated heterocycles. The number of furan rings is 1. The number of amides is 2. The van der Waals surface area contributed by atoms with Crippen molar-refractivity contribution in [1.29, 1.82) is 0 Å². The van der Waals surface area contributed by atoms with Crippen molar-refractivity contribution in [2.75, 3.05) is 26.3 Å². The molecule has 0 bridgehead atoms. The fraction of sp³-hybridized carbons (Fsp3) is 0.379. The number of hydrogen-bond acceptors (Lipinski definition) is 5. The fourth-order valence-corrected chi connectivity index (χ4v) is 4.32. The monoisotopic (exact) mass is 507 g/mol. The summed E-state index contributed by atoms with van der Waals surface area (Å²) in [5.74, 6) is -0.380. The number of hydrogen-bond donors (Lipinski definition) is 1. The van der Waals surface area contributed by atoms with Crippen LogP contribution in [0.1, 0.15) is 54.3 Å². The fourth-order valence-electron chi connectivity index (χ4n) is 4.32. The number of morpholine rings is 1. The maximum Gasteiger partial charge on any atom is 0.290 e. The number of ether oxygens (including phenoxy) is 1. The maximum absolute atomic E-state index is 14.0. The predicted molar refractivity (Wildman–Crippen MR) is 138 cm³/mol. The molecule has 1 fully saturated rings. The second-order valence-corrected chi connectivity index (χ2v) is 10.3. The third-order valence-corrected chi connectivity index (χ3v) is 6.06. The smallest absolute Gasteiger partial charge is 0.290 e. The van der Waals surface area contributed by atoms with Crippen LogP contribution in [0.4, 0.5) is 4.39 Å². The van der Waals surface area contributed by atoms with Crippen molar-refractivity contribution < 1.29 is 23.1 Å². The van der Waals surface area contributed by atoms with Gasteiger partial charge in [-0.3, -0.25) is 14.5 Å². The van der Waals surface area contributed by atoms with E-state index in [4.69, 9.17) is 9.15 Å². The summed E-state index contributed by atoms with van der Waals surface area (Å²) in [5, 5.41) is 2.99. The zero-order valence-electron chi connectivity index (χ0n) is 21.6. The highest BCUT2D eigenvalue weighted by Crippen LogP contribution is 2.28. The molecule has 1 aromatic heterocycles. The van der Waals surface area contributed by atoms with Gasteiger partial charge in [-0.15, -0.1) is 0 Å². The van der Waals surface area contributed by atoms with Gasteiger partial charge in [-0.2, -0.15) is 0 Å². The molecule has 7 nitrogen and oxygen atoms in total. The van der Waals surface area contributed by atoms with E-state index < -0.39 is 23.3 Å². The number of carbonyl (C=O) groups is 2. The lowest BCUT2D eigenvalue weighted by molar-refractivity contribution is -0.127. The van der Waals surface area contributed by atoms with Gasteiger partial charge >= 0.3 is 0 Å². The first-order chi connectivity index (χ1) is 17.7. The zero-order chi connectivity index (χ0) is 26.4. The summed E-state index contributed by atoms with van der Waals surface area (Å²) in [4.78, 5) is 31.3. The van der Waals surface area contributed by atoms with E-state index in [1.807, 2.05) is 51.1 Å². The van der Waals surface area contributed by atoms with Crippen LogP contribution < -0.4 is 5.32 Å². The van der Waals surface area contributed by atoms with E-state index in [0.717, 1.165) is 18.7 Å². The van der Waals surface area contributed by atoms with Crippen molar-refractivity contribution in [2.45, 2.75) is 45.4 Å². The molecule has 0 saturated carbocycles. The molecule has 0 aliphatic carbocycles. The Balaban J connectivity index is 1.69. The largest absolute Gasteiger partial charge is 0.455 e. The summed E-state index contributed by atoms with van der Waals surface area (Å²) >= 11 is 0. The Morgan fingerprint density at radius 1 is 1.00 bits per heavy atom. The van der Waals surface area contributed by atoms with Crippen LogP contribution in [0.2, 0.25) is 0 Å². The number of nitrogens with one attached hydrogen (secondary N) is 1. The van der Waals surface area contributed by atoms with Crippen LogP contribution in [0.25, 0.3) is 0 Å². The summed E-state index contributed by atoms with van der Waals surface area (Å²) in [6.45, 7) is 9.29. The minimum atomic E-state index is -1.000. The van der Waals surface area contributed by atoms with Crippen LogP contribution >= 0.6 is 0 Å². The van der Waals surface area contributed by atoms with E-state index in [1.165, 1.54) is 17.0 Å². The van der Waals surface area contributed by atoms with Gasteiger partial charge in [0, 0.05) is 25.2 Å². The lowest BCUT2D eigenvalue weighted by Crippen LogP contribution is -2.49. The first-order valence-corrected chi connectivity index (χ1v) is 12.5. The van der Waals surface area contributed by atoms with E-state index in [2.05, 4.69) is 10.2 Å². The standard InChI is InChI=1S/C29H34FN3O4/c1-29(2,3)31-27(34)26(22-9-11-23(30)12-10-22)33(19-21-7-5-4-6-8-21)28(35)25-14-13-24(37-25)20-32-15-17-36-18-16-32/h4-14,26H,15-20H2,1-3H3,(H,31,34). The van der Waals surface area contributed by atoms with Gasteiger partial charge < -0.3 is 19.4 Å². The molecule has 196 valence electrons. The van der Waals surface area contributed by atoms with E-state index in [1.54, 1.807) is 24.3 Å². The Bertz CT molecular complexity index is 1180. The molecule has 8 heteroatoms. The summed E-state index contributed by atoms with van der Waals surface area (Å²) < 4.78 is 25.2. The SMILES string of the molecule is CC(C)(C)NC(=O)C(c1ccc(F)cc1)N(Cc1ccccc1)C(=O)c1ccc(CN2CCOCC2)o1. The van der Waals surface area contributed by atoms with Crippen molar-refractivity contribution in [3.8, 4) is 0 Å². The Kier molecular flexibility index (Phi) is 8.41. The molecule has 2 amide bonds. The Hall–Kier alpha value is -3.49. The van der Waals surface area contributed by atoms with Crippen LogP contribution in [-0.4, -0.2) is 53.5 Å². The second kappa shape index (κ2) is 11.7. The van der Waals surface area contributed by atoms with Crippen LogP contribution in [0, 0.1) is 5.82 Å². The second-order valence-electron chi connectivity index (χ2n) is 10.3. The topological polar surface area (TPSA) is 75.0 Å². The summed E-state index contributed by atoms with van der Waals surface area (Å²) in [5.41, 5.74) is 0.825. The molecule has 3 aromatic rings. The van der Waals surface area contributed by atoms with Crippen molar-refractivity contribution in [3.63, 3.8) is 0 Å². The molecule has 37 heavy (non-hydrogen) atoms. The first kappa shape index (κ1) is 26.6. The van der Waals surface area contributed by atoms with Crippen LogP contribution in [0.15, 0.2) is 71.1 Å². The highest BCUT2D eigenvalue weighted by molar-refractivity contribution is 5.96. The van der Waals surface area contributed by atoms with E-state index >= 15 is 0 Å². The molecule has 0 spiro atoms. The van der Waals surface area contributed by atoms with E-state index in [9.17, 15) is 14.0 Å². The predicted octanol–water partition coefficient (Wildman–Crippen LogP) is 4.55. The van der Waals surface area contributed by atoms with Gasteiger partial charge in [0.25, 0.3) is 5.91 Å². The van der Waals surface area contributed by atoms with Crippen LogP contribution in [0.3, 0.4) is 0 Å². The molecular weight excluding hydrogens is 473 g/mol. The van der Waals surface area contributed by atoms with Gasteiger partial charge in [-0.05, 0) is 56.2 Å². The van der Waals surface area contributed by atoms with Crippen LogP contribution in [0.5, 0.6) is 0 Å². The number of rotatable bonds is 8. The average molecular weight is 508 g/mol. The molecule has 1 atom stereocenters. The van der Waals surface area contributed by atoms with Gasteiger partial charge in [-0.25, -0.2) is 4.39 Å². The summed E-state index contributed by atoms with van der Waals surface area (Å²) in [6, 6.07) is 17.6. The molecule has 2 aromatic carbocycles. The first-order valence-electron chi connectivity index (χ1n) is 12.5. The molecule has 2 heterocycles. The third kappa shape index (κ3) is 7.27. The lowest BCUT2D eigenvalue weighted by Gasteiger charge is -2.33. The van der Waals surface area contributed by atoms with Crippen molar-refractivity contribution in [3.05, 3.63) is 95.2 Å². The molecule has 1 unspecified atom stereocenters. The van der Waals surface area contributed by atoms with Gasteiger partial charge in [-0.1, -0.05) is 42.5 Å². The van der Waals surface area contributed by atoms with Crippen molar-refractivity contribution in [1.82, 2.24) is 15.1 Å². The summed E-state index contributed by atoms with van der Waals surface area (Å²) in [7, 11) is 0. The van der Waals surface area contributed by atoms with Crippen LogP contribution in [-0.2, 0) is 22.6 Å². The third-order valence-electron chi connectivity index (χ3n) is 6.06. The number of carbonyl (C=O) groups excluding carboxylic acids is 2. The number of benzene rings is 2. The lowest BCUT2D eigenvalue weighted by atomic mass is 10.0. The van der Waals surface area contributed by atoms with Crippen molar-refractivity contribution >= 4 is 11.8 Å². The average Bonchev–Trinajstić information content (AvgIpc) is 3.33. The summed E-state index contributed by atoms with van der Waals surface area (Å²) in [6.07, 6.45) is 0. The number of nitrogens with zero attached hydrogens (tertiary/aromatic N) is 2. The zero-order valence-corrected chi connectivity index (χ0v) is 21.6. The maximum atomic E-state index is 14.0. The van der Waals surface area contributed by atoms with Crippen molar-refractivity contribution in [2.24, 2.45) is 0 Å². The normalized spacial score (nSPS) is 15.2. The van der Waals surface area contributed by atoms with Gasteiger partial charge in [0.2, 0.25) is 5.91 Å². The minimum absolute atomic E-state index is 0.148. The van der Waals surface area contributed by atoms with Gasteiger partial charge in [0.1, 0.15) is 17.6 Å². The van der Waals surface area contributed by atoms with E-state index in [0.29, 0.717) is 31.1 Å².